The van der Waals surface area contributed by atoms with Crippen LogP contribution in [0.4, 0.5) is 0 Å². The highest BCUT2D eigenvalue weighted by Gasteiger charge is 2.16. The molecule has 4 heteroatoms. The van der Waals surface area contributed by atoms with E-state index >= 15 is 0 Å². The zero-order valence-corrected chi connectivity index (χ0v) is 11.3. The van der Waals surface area contributed by atoms with Crippen molar-refractivity contribution in [2.75, 3.05) is 6.61 Å². The maximum Gasteiger partial charge on any atom is 0.341 e. The van der Waals surface area contributed by atoms with E-state index in [9.17, 15) is 4.79 Å². The van der Waals surface area contributed by atoms with Crippen molar-refractivity contribution in [1.29, 1.82) is 0 Å². The lowest BCUT2D eigenvalue weighted by Gasteiger charge is -2.10. The first-order valence-electron chi connectivity index (χ1n) is 5.77. The number of aryl methyl sites for hydroxylation is 2. The number of esters is 1. The van der Waals surface area contributed by atoms with E-state index < -0.39 is 5.97 Å². The molecule has 3 nitrogen and oxygen atoms in total. The Morgan fingerprint density at radius 2 is 2.11 bits per heavy atom. The Bertz CT molecular complexity index is 623. The van der Waals surface area contributed by atoms with Gasteiger partial charge in [-0.15, -0.1) is 0 Å². The molecule has 0 atom stereocenters. The van der Waals surface area contributed by atoms with Crippen LogP contribution in [0.2, 0.25) is 5.02 Å². The number of pyridine rings is 1. The maximum atomic E-state index is 11.8. The highest BCUT2D eigenvalue weighted by atomic mass is 35.5. The molecule has 0 spiro atoms. The van der Waals surface area contributed by atoms with E-state index in [4.69, 9.17) is 16.3 Å². The summed E-state index contributed by atoms with van der Waals surface area (Å²) in [6.45, 7) is 6.05. The molecule has 0 radical (unpaired) electrons. The summed E-state index contributed by atoms with van der Waals surface area (Å²) in [4.78, 5) is 16.0. The Labute approximate surface area is 111 Å². The normalized spacial score (nSPS) is 10.7. The van der Waals surface area contributed by atoms with Gasteiger partial charge in [-0.05, 0) is 38.0 Å². The lowest BCUT2D eigenvalue weighted by atomic mass is 10.0. The van der Waals surface area contributed by atoms with Crippen molar-refractivity contribution in [2.45, 2.75) is 20.8 Å². The van der Waals surface area contributed by atoms with Gasteiger partial charge in [0.1, 0.15) is 0 Å². The zero-order chi connectivity index (χ0) is 13.3. The molecular formula is C14H14ClNO2. The predicted octanol–water partition coefficient (Wildman–Crippen LogP) is 3.68. The molecule has 1 aromatic carbocycles. The van der Waals surface area contributed by atoms with Gasteiger partial charge >= 0.3 is 5.97 Å². The Morgan fingerprint density at radius 3 is 2.78 bits per heavy atom. The second-order valence-corrected chi connectivity index (χ2v) is 4.49. The molecule has 0 aliphatic rings. The van der Waals surface area contributed by atoms with E-state index in [1.54, 1.807) is 6.92 Å². The van der Waals surface area contributed by atoms with E-state index in [0.29, 0.717) is 17.2 Å². The average molecular weight is 264 g/mol. The first-order chi connectivity index (χ1) is 8.56. The fourth-order valence-corrected chi connectivity index (χ4v) is 2.23. The number of rotatable bonds is 2. The van der Waals surface area contributed by atoms with Crippen molar-refractivity contribution in [3.8, 4) is 0 Å². The van der Waals surface area contributed by atoms with Crippen molar-refractivity contribution < 1.29 is 9.53 Å². The fraction of sp³-hybridized carbons (Fsp3) is 0.286. The van der Waals surface area contributed by atoms with Crippen molar-refractivity contribution >= 4 is 28.5 Å². The van der Waals surface area contributed by atoms with Crippen LogP contribution in [0.15, 0.2) is 18.3 Å². The summed E-state index contributed by atoms with van der Waals surface area (Å²) in [5, 5.41) is 1.24. The molecule has 0 saturated heterocycles. The Balaban J connectivity index is 2.70. The molecule has 0 aliphatic carbocycles. The Hall–Kier alpha value is -1.61. The molecule has 0 unspecified atom stereocenters. The minimum Gasteiger partial charge on any atom is -0.462 e. The number of ether oxygens (including phenoxy) is 1. The zero-order valence-electron chi connectivity index (χ0n) is 10.6. The first-order valence-corrected chi connectivity index (χ1v) is 6.15. The van der Waals surface area contributed by atoms with Crippen molar-refractivity contribution in [3.63, 3.8) is 0 Å². The predicted molar refractivity (Wildman–Crippen MR) is 72.2 cm³/mol. The van der Waals surface area contributed by atoms with Gasteiger partial charge in [0.15, 0.2) is 0 Å². The van der Waals surface area contributed by atoms with Crippen LogP contribution in [0.5, 0.6) is 0 Å². The molecule has 18 heavy (non-hydrogen) atoms. The number of carbonyl (C=O) groups is 1. The third-order valence-corrected chi connectivity index (χ3v) is 3.39. The molecule has 0 N–H and O–H groups in total. The summed E-state index contributed by atoms with van der Waals surface area (Å²) in [5.41, 5.74) is 3.26. The molecule has 1 heterocycles. The van der Waals surface area contributed by atoms with Gasteiger partial charge in [0, 0.05) is 11.6 Å². The van der Waals surface area contributed by atoms with Crippen molar-refractivity contribution in [2.24, 2.45) is 0 Å². The number of halogens is 1. The standard InChI is InChI=1S/C14H14ClNO2/c1-4-18-14(17)10-7-16-11-6-5-8(2)9(3)12(11)13(10)15/h5-7H,4H2,1-3H3. The van der Waals surface area contributed by atoms with Crippen molar-refractivity contribution in [1.82, 2.24) is 4.98 Å². The van der Waals surface area contributed by atoms with Gasteiger partial charge in [-0.1, -0.05) is 17.7 Å². The third-order valence-electron chi connectivity index (χ3n) is 3.00. The van der Waals surface area contributed by atoms with Crippen LogP contribution in [0.3, 0.4) is 0 Å². The van der Waals surface area contributed by atoms with E-state index in [-0.39, 0.29) is 0 Å². The Kier molecular flexibility index (Phi) is 3.53. The number of hydrogen-bond acceptors (Lipinski definition) is 3. The number of aromatic nitrogens is 1. The number of carbonyl (C=O) groups excluding carboxylic acids is 1. The minimum atomic E-state index is -0.433. The number of hydrogen-bond donors (Lipinski definition) is 0. The lowest BCUT2D eigenvalue weighted by Crippen LogP contribution is -2.06. The molecule has 1 aromatic heterocycles. The minimum absolute atomic E-state index is 0.319. The smallest absolute Gasteiger partial charge is 0.341 e. The van der Waals surface area contributed by atoms with Crippen LogP contribution in [-0.2, 0) is 4.74 Å². The van der Waals surface area contributed by atoms with Crippen LogP contribution in [0, 0.1) is 13.8 Å². The van der Waals surface area contributed by atoms with Gasteiger partial charge in [0.2, 0.25) is 0 Å². The van der Waals surface area contributed by atoms with Crippen LogP contribution in [0.25, 0.3) is 10.9 Å². The van der Waals surface area contributed by atoms with Gasteiger partial charge in [0.05, 0.1) is 22.7 Å². The van der Waals surface area contributed by atoms with Gasteiger partial charge < -0.3 is 4.74 Å². The van der Waals surface area contributed by atoms with Gasteiger partial charge in [0.25, 0.3) is 0 Å². The summed E-state index contributed by atoms with van der Waals surface area (Å²) in [5.74, 6) is -0.433. The number of benzene rings is 1. The van der Waals surface area contributed by atoms with E-state index in [0.717, 1.165) is 22.0 Å². The second-order valence-electron chi connectivity index (χ2n) is 4.11. The first kappa shape index (κ1) is 12.8. The molecular weight excluding hydrogens is 250 g/mol. The fourth-order valence-electron chi connectivity index (χ4n) is 1.86. The molecule has 2 aromatic rings. The molecule has 0 amide bonds. The topological polar surface area (TPSA) is 39.2 Å². The number of nitrogens with zero attached hydrogens (tertiary/aromatic N) is 1. The Morgan fingerprint density at radius 1 is 1.39 bits per heavy atom. The van der Waals surface area contributed by atoms with Crippen LogP contribution in [0.1, 0.15) is 28.4 Å². The lowest BCUT2D eigenvalue weighted by molar-refractivity contribution is 0.0526. The summed E-state index contributed by atoms with van der Waals surface area (Å²) in [6.07, 6.45) is 1.47. The van der Waals surface area contributed by atoms with Gasteiger partial charge in [-0.2, -0.15) is 0 Å². The summed E-state index contributed by atoms with van der Waals surface area (Å²) < 4.78 is 4.96. The summed E-state index contributed by atoms with van der Waals surface area (Å²) in [6, 6.07) is 3.89. The molecule has 2 rings (SSSR count). The highest BCUT2D eigenvalue weighted by molar-refractivity contribution is 6.38. The highest BCUT2D eigenvalue weighted by Crippen LogP contribution is 2.30. The van der Waals surface area contributed by atoms with Crippen LogP contribution >= 0.6 is 11.6 Å². The third kappa shape index (κ3) is 2.06. The molecule has 94 valence electrons. The molecule has 0 saturated carbocycles. The van der Waals surface area contributed by atoms with Crippen LogP contribution < -0.4 is 0 Å². The number of fused-ring (bicyclic) bond motifs is 1. The van der Waals surface area contributed by atoms with Crippen molar-refractivity contribution in [3.05, 3.63) is 40.0 Å². The van der Waals surface area contributed by atoms with E-state index in [1.165, 1.54) is 6.20 Å². The maximum absolute atomic E-state index is 11.8. The largest absolute Gasteiger partial charge is 0.462 e. The molecule has 0 bridgehead atoms. The second kappa shape index (κ2) is 4.94. The van der Waals surface area contributed by atoms with Gasteiger partial charge in [-0.25, -0.2) is 4.79 Å². The summed E-state index contributed by atoms with van der Waals surface area (Å²) >= 11 is 6.31. The molecule has 0 aliphatic heterocycles. The SMILES string of the molecule is CCOC(=O)c1cnc2ccc(C)c(C)c2c1Cl. The molecule has 0 fully saturated rings. The quantitative estimate of drug-likeness (QED) is 0.776. The van der Waals surface area contributed by atoms with Gasteiger partial charge in [-0.3, -0.25) is 4.98 Å². The van der Waals surface area contributed by atoms with E-state index in [1.807, 2.05) is 26.0 Å². The average Bonchev–Trinajstić information content (AvgIpc) is 2.34. The van der Waals surface area contributed by atoms with Crippen LogP contribution in [-0.4, -0.2) is 17.6 Å². The monoisotopic (exact) mass is 263 g/mol. The summed E-state index contributed by atoms with van der Waals surface area (Å²) in [7, 11) is 0. The van der Waals surface area contributed by atoms with E-state index in [2.05, 4.69) is 4.98 Å².